The lowest BCUT2D eigenvalue weighted by atomic mass is 10.1. The minimum atomic E-state index is 0.220. The van der Waals surface area contributed by atoms with Gasteiger partial charge in [-0.05, 0) is 50.7 Å². The molecule has 0 amide bonds. The summed E-state index contributed by atoms with van der Waals surface area (Å²) in [5.74, 6) is 0. The molecule has 0 aliphatic heterocycles. The molecule has 0 bridgehead atoms. The van der Waals surface area contributed by atoms with E-state index in [1.165, 1.54) is 29.7 Å². The van der Waals surface area contributed by atoms with Crippen LogP contribution in [0.25, 0.3) is 0 Å². The van der Waals surface area contributed by atoms with E-state index >= 15 is 0 Å². The average Bonchev–Trinajstić information content (AvgIpc) is 2.72. The van der Waals surface area contributed by atoms with Gasteiger partial charge in [0.1, 0.15) is 0 Å². The molecule has 0 radical (unpaired) electrons. The van der Waals surface area contributed by atoms with Crippen molar-refractivity contribution >= 4 is 11.3 Å². The summed E-state index contributed by atoms with van der Waals surface area (Å²) in [5, 5.41) is 0. The summed E-state index contributed by atoms with van der Waals surface area (Å²) in [6.07, 6.45) is 5.95. The minimum absolute atomic E-state index is 0.220. The summed E-state index contributed by atoms with van der Waals surface area (Å²) in [6, 6.07) is 2.55. The third-order valence-corrected chi connectivity index (χ3v) is 4.38. The molecule has 0 saturated carbocycles. The third-order valence-electron chi connectivity index (χ3n) is 3.01. The van der Waals surface area contributed by atoms with E-state index in [1.807, 2.05) is 11.3 Å². The van der Waals surface area contributed by atoms with Gasteiger partial charge in [0.05, 0.1) is 0 Å². The zero-order chi connectivity index (χ0) is 10.8. The number of thiophene rings is 1. The highest BCUT2D eigenvalue weighted by Gasteiger charge is 2.17. The number of hydrogen-bond donors (Lipinski definition) is 1. The molecule has 1 nitrogen and oxygen atoms in total. The molecule has 1 atom stereocenters. The Morgan fingerprint density at radius 2 is 2.40 bits per heavy atom. The van der Waals surface area contributed by atoms with Gasteiger partial charge in [0.25, 0.3) is 0 Å². The third kappa shape index (κ3) is 2.50. The van der Waals surface area contributed by atoms with E-state index in [0.29, 0.717) is 0 Å². The lowest BCUT2D eigenvalue weighted by molar-refractivity contribution is 0.659. The second-order valence-corrected chi connectivity index (χ2v) is 5.72. The fraction of sp³-hybridized carbons (Fsp3) is 0.538. The molecule has 2 heteroatoms. The molecule has 0 aromatic carbocycles. The predicted octanol–water partition coefficient (Wildman–Crippen LogP) is 3.59. The van der Waals surface area contributed by atoms with Crippen LogP contribution in [0.5, 0.6) is 0 Å². The van der Waals surface area contributed by atoms with Crippen LogP contribution in [0.4, 0.5) is 0 Å². The number of rotatable bonds is 4. The van der Waals surface area contributed by atoms with E-state index in [-0.39, 0.29) is 6.04 Å². The highest BCUT2D eigenvalue weighted by atomic mass is 32.1. The Morgan fingerprint density at radius 3 is 3.07 bits per heavy atom. The summed E-state index contributed by atoms with van der Waals surface area (Å²) >= 11 is 1.93. The Labute approximate surface area is 96.0 Å². The first kappa shape index (κ1) is 10.9. The van der Waals surface area contributed by atoms with Gasteiger partial charge < -0.3 is 5.73 Å². The van der Waals surface area contributed by atoms with E-state index in [9.17, 15) is 0 Å². The lowest BCUT2D eigenvalue weighted by Gasteiger charge is -2.09. The summed E-state index contributed by atoms with van der Waals surface area (Å²) in [6.45, 7) is 5.99. The first-order chi connectivity index (χ1) is 7.16. The van der Waals surface area contributed by atoms with Crippen molar-refractivity contribution in [1.82, 2.24) is 0 Å². The van der Waals surface area contributed by atoms with Crippen LogP contribution in [-0.2, 0) is 12.8 Å². The topological polar surface area (TPSA) is 26.0 Å². The molecular formula is C13H19NS. The van der Waals surface area contributed by atoms with Gasteiger partial charge in [-0.25, -0.2) is 0 Å². The van der Waals surface area contributed by atoms with Gasteiger partial charge in [-0.1, -0.05) is 5.57 Å². The molecule has 0 spiro atoms. The highest BCUT2D eigenvalue weighted by molar-refractivity contribution is 7.12. The Morgan fingerprint density at radius 1 is 1.60 bits per heavy atom. The van der Waals surface area contributed by atoms with Crippen molar-refractivity contribution in [2.75, 3.05) is 0 Å². The molecule has 2 rings (SSSR count). The standard InChI is InChI=1S/C13H19NS/c1-9(2)6-7-11(14)13-8-10-4-3-5-12(10)15-13/h8,11H,1,3-7,14H2,2H3. The van der Waals surface area contributed by atoms with Gasteiger partial charge in [0, 0.05) is 15.8 Å². The van der Waals surface area contributed by atoms with Crippen LogP contribution >= 0.6 is 11.3 Å². The molecule has 1 heterocycles. The Balaban J connectivity index is 1.99. The van der Waals surface area contributed by atoms with E-state index in [4.69, 9.17) is 5.73 Å². The van der Waals surface area contributed by atoms with Crippen molar-refractivity contribution in [3.05, 3.63) is 33.5 Å². The van der Waals surface area contributed by atoms with Crippen LogP contribution in [0.15, 0.2) is 18.2 Å². The Hall–Kier alpha value is -0.600. The smallest absolute Gasteiger partial charge is 0.0392 e. The summed E-state index contributed by atoms with van der Waals surface area (Å²) < 4.78 is 0. The van der Waals surface area contributed by atoms with Gasteiger partial charge in [0.15, 0.2) is 0 Å². The second kappa shape index (κ2) is 4.50. The molecule has 1 aromatic heterocycles. The molecule has 1 aliphatic rings. The molecule has 1 aliphatic carbocycles. The fourth-order valence-electron chi connectivity index (χ4n) is 2.08. The molecule has 0 fully saturated rings. The normalized spacial score (nSPS) is 16.4. The number of allylic oxidation sites excluding steroid dienone is 1. The number of nitrogens with two attached hydrogens (primary N) is 1. The largest absolute Gasteiger partial charge is 0.323 e. The molecule has 82 valence electrons. The van der Waals surface area contributed by atoms with Gasteiger partial charge in [-0.15, -0.1) is 17.9 Å². The molecule has 1 aromatic rings. The zero-order valence-corrected chi connectivity index (χ0v) is 10.2. The van der Waals surface area contributed by atoms with Crippen molar-refractivity contribution in [1.29, 1.82) is 0 Å². The van der Waals surface area contributed by atoms with Crippen molar-refractivity contribution in [3.8, 4) is 0 Å². The fourth-order valence-corrected chi connectivity index (χ4v) is 3.37. The zero-order valence-electron chi connectivity index (χ0n) is 9.38. The van der Waals surface area contributed by atoms with Crippen LogP contribution in [0.2, 0.25) is 0 Å². The maximum absolute atomic E-state index is 6.17. The average molecular weight is 221 g/mol. The molecule has 0 saturated heterocycles. The Kier molecular flexibility index (Phi) is 3.27. The van der Waals surface area contributed by atoms with Crippen LogP contribution in [0, 0.1) is 0 Å². The van der Waals surface area contributed by atoms with Gasteiger partial charge in [-0.3, -0.25) is 0 Å². The summed E-state index contributed by atoms with van der Waals surface area (Å²) in [4.78, 5) is 2.96. The van der Waals surface area contributed by atoms with Crippen molar-refractivity contribution in [3.63, 3.8) is 0 Å². The molecule has 15 heavy (non-hydrogen) atoms. The van der Waals surface area contributed by atoms with Crippen molar-refractivity contribution in [2.45, 2.75) is 45.1 Å². The molecule has 2 N–H and O–H groups in total. The second-order valence-electron chi connectivity index (χ2n) is 4.55. The molecular weight excluding hydrogens is 202 g/mol. The number of fused-ring (bicyclic) bond motifs is 1. The lowest BCUT2D eigenvalue weighted by Crippen LogP contribution is -2.08. The SMILES string of the molecule is C=C(C)CCC(N)c1cc2c(s1)CCC2. The number of aryl methyl sites for hydroxylation is 2. The number of hydrogen-bond acceptors (Lipinski definition) is 2. The maximum Gasteiger partial charge on any atom is 0.0392 e. The monoisotopic (exact) mass is 221 g/mol. The minimum Gasteiger partial charge on any atom is -0.323 e. The van der Waals surface area contributed by atoms with Crippen LogP contribution in [-0.4, -0.2) is 0 Å². The van der Waals surface area contributed by atoms with Crippen LogP contribution < -0.4 is 5.73 Å². The van der Waals surface area contributed by atoms with E-state index in [2.05, 4.69) is 19.6 Å². The van der Waals surface area contributed by atoms with Gasteiger partial charge >= 0.3 is 0 Å². The molecule has 1 unspecified atom stereocenters. The first-order valence-corrected chi connectivity index (χ1v) is 6.50. The first-order valence-electron chi connectivity index (χ1n) is 5.68. The quantitative estimate of drug-likeness (QED) is 0.772. The van der Waals surface area contributed by atoms with Crippen molar-refractivity contribution < 1.29 is 0 Å². The van der Waals surface area contributed by atoms with Gasteiger partial charge in [-0.2, -0.15) is 0 Å². The highest BCUT2D eigenvalue weighted by Crippen LogP contribution is 2.34. The van der Waals surface area contributed by atoms with Crippen molar-refractivity contribution in [2.24, 2.45) is 5.73 Å². The van der Waals surface area contributed by atoms with E-state index in [0.717, 1.165) is 12.8 Å². The summed E-state index contributed by atoms with van der Waals surface area (Å²) in [5.41, 5.74) is 8.96. The van der Waals surface area contributed by atoms with E-state index < -0.39 is 0 Å². The Bertz CT molecular complexity index is 343. The van der Waals surface area contributed by atoms with Gasteiger partial charge in [0.2, 0.25) is 0 Å². The van der Waals surface area contributed by atoms with Crippen LogP contribution in [0.3, 0.4) is 0 Å². The van der Waals surface area contributed by atoms with Crippen LogP contribution in [0.1, 0.15) is 47.5 Å². The predicted molar refractivity (Wildman–Crippen MR) is 67.3 cm³/mol. The van der Waals surface area contributed by atoms with E-state index in [1.54, 1.807) is 10.4 Å². The maximum atomic E-state index is 6.17. The summed E-state index contributed by atoms with van der Waals surface area (Å²) in [7, 11) is 0.